The smallest absolute Gasteiger partial charge is 0.270 e. The van der Waals surface area contributed by atoms with Crippen LogP contribution in [-0.4, -0.2) is 46.7 Å². The molecule has 0 radical (unpaired) electrons. The summed E-state index contributed by atoms with van der Waals surface area (Å²) >= 11 is 0. The zero-order valence-electron chi connectivity index (χ0n) is 15.7. The van der Waals surface area contributed by atoms with Gasteiger partial charge in [0.15, 0.2) is 0 Å². The van der Waals surface area contributed by atoms with Crippen LogP contribution in [0.4, 0.5) is 8.78 Å². The molecule has 154 valence electrons. The van der Waals surface area contributed by atoms with E-state index in [4.69, 9.17) is 5.73 Å². The van der Waals surface area contributed by atoms with E-state index in [1.54, 1.807) is 6.07 Å². The number of nitrogens with zero attached hydrogens (tertiary/aromatic N) is 1. The van der Waals surface area contributed by atoms with Crippen molar-refractivity contribution in [3.63, 3.8) is 0 Å². The van der Waals surface area contributed by atoms with Crippen molar-refractivity contribution >= 4 is 17.7 Å². The highest BCUT2D eigenvalue weighted by atomic mass is 19.3. The summed E-state index contributed by atoms with van der Waals surface area (Å²) in [6, 6.07) is 3.90. The first-order valence-electron chi connectivity index (χ1n) is 9.86. The number of carbonyl (C=O) groups excluding carboxylic acids is 3. The maximum Gasteiger partial charge on any atom is 0.270 e. The van der Waals surface area contributed by atoms with Gasteiger partial charge in [0, 0.05) is 31.1 Å². The molecule has 5 rings (SSSR count). The number of carbonyl (C=O) groups is 3. The predicted octanol–water partition coefficient (Wildman–Crippen LogP) is 0.662. The molecule has 4 aliphatic rings. The molecule has 1 aromatic carbocycles. The lowest BCUT2D eigenvalue weighted by atomic mass is 9.75. The third-order valence-corrected chi connectivity index (χ3v) is 6.98. The molecule has 2 saturated carbocycles. The van der Waals surface area contributed by atoms with E-state index in [1.165, 1.54) is 4.90 Å². The molecule has 1 spiro atoms. The van der Waals surface area contributed by atoms with E-state index >= 15 is 0 Å². The van der Waals surface area contributed by atoms with Crippen LogP contribution >= 0.6 is 0 Å². The summed E-state index contributed by atoms with van der Waals surface area (Å²) < 4.78 is 27.1. The van der Waals surface area contributed by atoms with Crippen molar-refractivity contribution in [1.82, 2.24) is 15.5 Å². The van der Waals surface area contributed by atoms with Gasteiger partial charge in [0.1, 0.15) is 6.04 Å². The van der Waals surface area contributed by atoms with Crippen molar-refractivity contribution in [3.05, 3.63) is 34.9 Å². The van der Waals surface area contributed by atoms with Crippen molar-refractivity contribution in [2.24, 2.45) is 11.1 Å². The van der Waals surface area contributed by atoms with Crippen molar-refractivity contribution in [2.75, 3.05) is 0 Å². The van der Waals surface area contributed by atoms with E-state index in [2.05, 4.69) is 10.6 Å². The fraction of sp³-hybridized carbons (Fsp3) is 0.550. The standard InChI is InChI=1S/C20H22F2N4O3/c21-20(22)18(23)19(20)6-12(7-19)24-8-10-1-2-11-9-26(17(29)13(11)5-10)14-3-4-15(27)25-16(14)28/h1-2,5,12,14,18,24H,3-4,6-9,23H2,(H,25,27,28). The molecule has 2 aliphatic heterocycles. The van der Waals surface area contributed by atoms with Gasteiger partial charge in [-0.15, -0.1) is 0 Å². The Morgan fingerprint density at radius 2 is 1.97 bits per heavy atom. The molecule has 0 aromatic heterocycles. The molecule has 29 heavy (non-hydrogen) atoms. The number of rotatable bonds is 4. The molecule has 1 saturated heterocycles. The van der Waals surface area contributed by atoms with Crippen molar-refractivity contribution in [2.45, 2.75) is 62.8 Å². The van der Waals surface area contributed by atoms with E-state index in [0.717, 1.165) is 11.1 Å². The predicted molar refractivity (Wildman–Crippen MR) is 97.7 cm³/mol. The van der Waals surface area contributed by atoms with Gasteiger partial charge in [0.25, 0.3) is 11.8 Å². The summed E-state index contributed by atoms with van der Waals surface area (Å²) in [6.07, 6.45) is 1.29. The summed E-state index contributed by atoms with van der Waals surface area (Å²) in [6.45, 7) is 0.812. The van der Waals surface area contributed by atoms with Gasteiger partial charge in [-0.05, 0) is 36.5 Å². The molecule has 3 amide bonds. The normalized spacial score (nSPS) is 34.8. The molecular weight excluding hydrogens is 382 g/mol. The van der Waals surface area contributed by atoms with Gasteiger partial charge < -0.3 is 16.0 Å². The molecule has 4 N–H and O–H groups in total. The number of hydrogen-bond acceptors (Lipinski definition) is 5. The van der Waals surface area contributed by atoms with Gasteiger partial charge in [-0.3, -0.25) is 19.7 Å². The topological polar surface area (TPSA) is 105 Å². The SMILES string of the molecule is NC1C(F)(F)C12CC(NCc1ccc3c(c1)C(=O)N(C1CCC(=O)NC1=O)C3)C2. The number of nitrogens with one attached hydrogen (secondary N) is 2. The monoisotopic (exact) mass is 404 g/mol. The first-order valence-corrected chi connectivity index (χ1v) is 9.86. The number of nitrogens with two attached hydrogens (primary N) is 1. The van der Waals surface area contributed by atoms with E-state index in [0.29, 0.717) is 37.9 Å². The lowest BCUT2D eigenvalue weighted by Gasteiger charge is -2.36. The first kappa shape index (κ1) is 18.6. The summed E-state index contributed by atoms with van der Waals surface area (Å²) in [5, 5.41) is 5.55. The minimum Gasteiger partial charge on any atom is -0.322 e. The number of halogens is 2. The van der Waals surface area contributed by atoms with Gasteiger partial charge >= 0.3 is 0 Å². The molecule has 3 fully saturated rings. The third kappa shape index (κ3) is 2.63. The zero-order valence-corrected chi connectivity index (χ0v) is 15.7. The highest BCUT2D eigenvalue weighted by Gasteiger charge is 2.82. The number of alkyl halides is 2. The lowest BCUT2D eigenvalue weighted by molar-refractivity contribution is -0.136. The number of hydrogen-bond donors (Lipinski definition) is 3. The van der Waals surface area contributed by atoms with Crippen LogP contribution in [0.15, 0.2) is 18.2 Å². The molecular formula is C20H22F2N4O3. The van der Waals surface area contributed by atoms with Crippen LogP contribution in [0.2, 0.25) is 0 Å². The molecule has 2 aliphatic carbocycles. The number of benzene rings is 1. The third-order valence-electron chi connectivity index (χ3n) is 6.98. The summed E-state index contributed by atoms with van der Waals surface area (Å²) in [5.41, 5.74) is 6.78. The Morgan fingerprint density at radius 3 is 2.62 bits per heavy atom. The molecule has 0 bridgehead atoms. The van der Waals surface area contributed by atoms with Crippen molar-refractivity contribution in [3.8, 4) is 0 Å². The van der Waals surface area contributed by atoms with Crippen LogP contribution in [0.25, 0.3) is 0 Å². The second kappa shape index (κ2) is 6.06. The number of amides is 3. The highest BCUT2D eigenvalue weighted by molar-refractivity contribution is 6.05. The van der Waals surface area contributed by atoms with Gasteiger partial charge in [-0.25, -0.2) is 8.78 Å². The average Bonchev–Trinajstić information content (AvgIpc) is 2.91. The van der Waals surface area contributed by atoms with E-state index in [9.17, 15) is 23.2 Å². The minimum atomic E-state index is -2.75. The van der Waals surface area contributed by atoms with Crippen LogP contribution in [0, 0.1) is 5.41 Å². The van der Waals surface area contributed by atoms with E-state index in [-0.39, 0.29) is 24.3 Å². The average molecular weight is 404 g/mol. The summed E-state index contributed by atoms with van der Waals surface area (Å²) in [4.78, 5) is 37.8. The fourth-order valence-corrected chi connectivity index (χ4v) is 5.00. The van der Waals surface area contributed by atoms with Crippen LogP contribution in [-0.2, 0) is 22.7 Å². The summed E-state index contributed by atoms with van der Waals surface area (Å²) in [7, 11) is 0. The Balaban J connectivity index is 1.21. The first-order chi connectivity index (χ1) is 13.7. The zero-order chi connectivity index (χ0) is 20.6. The Hall–Kier alpha value is -2.39. The van der Waals surface area contributed by atoms with Crippen molar-refractivity contribution < 1.29 is 23.2 Å². The largest absolute Gasteiger partial charge is 0.322 e. The fourth-order valence-electron chi connectivity index (χ4n) is 5.00. The Kier molecular flexibility index (Phi) is 3.89. The quantitative estimate of drug-likeness (QED) is 0.640. The lowest BCUT2D eigenvalue weighted by Crippen LogP contribution is -2.52. The van der Waals surface area contributed by atoms with Crippen LogP contribution in [0.1, 0.15) is 47.2 Å². The van der Waals surface area contributed by atoms with Crippen LogP contribution in [0.5, 0.6) is 0 Å². The summed E-state index contributed by atoms with van der Waals surface area (Å²) in [5.74, 6) is -3.71. The molecule has 7 nitrogen and oxygen atoms in total. The van der Waals surface area contributed by atoms with Gasteiger partial charge in [-0.2, -0.15) is 0 Å². The van der Waals surface area contributed by atoms with Gasteiger partial charge in [-0.1, -0.05) is 12.1 Å². The Labute approximate surface area is 166 Å². The van der Waals surface area contributed by atoms with E-state index in [1.807, 2.05) is 12.1 Å². The molecule has 2 unspecified atom stereocenters. The Morgan fingerprint density at radius 1 is 1.24 bits per heavy atom. The molecule has 9 heteroatoms. The number of imide groups is 1. The molecule has 2 heterocycles. The second-order valence-corrected chi connectivity index (χ2v) is 8.63. The maximum atomic E-state index is 13.6. The number of fused-ring (bicyclic) bond motifs is 1. The van der Waals surface area contributed by atoms with Crippen LogP contribution in [0.3, 0.4) is 0 Å². The number of piperidine rings is 1. The van der Waals surface area contributed by atoms with E-state index < -0.39 is 29.3 Å². The van der Waals surface area contributed by atoms with Gasteiger partial charge in [0.2, 0.25) is 11.8 Å². The highest BCUT2D eigenvalue weighted by Crippen LogP contribution is 2.69. The van der Waals surface area contributed by atoms with Crippen LogP contribution < -0.4 is 16.4 Å². The molecule has 2 atom stereocenters. The Bertz CT molecular complexity index is 928. The molecule has 1 aromatic rings. The van der Waals surface area contributed by atoms with Crippen molar-refractivity contribution in [1.29, 1.82) is 0 Å². The second-order valence-electron chi connectivity index (χ2n) is 8.63. The minimum absolute atomic E-state index is 0.00153. The van der Waals surface area contributed by atoms with Gasteiger partial charge in [0.05, 0.1) is 11.5 Å². The maximum absolute atomic E-state index is 13.6.